The van der Waals surface area contributed by atoms with E-state index in [0.717, 1.165) is 34.3 Å². The lowest BCUT2D eigenvalue weighted by molar-refractivity contribution is -0.133. The average molecular weight is 317 g/mol. The molecule has 4 nitrogen and oxygen atoms in total. The minimum atomic E-state index is -0.122. The number of amides is 1. The Morgan fingerprint density at radius 1 is 1.17 bits per heavy atom. The summed E-state index contributed by atoms with van der Waals surface area (Å²) in [5.41, 5.74) is 4.05. The molecule has 0 bridgehead atoms. The van der Waals surface area contributed by atoms with Gasteiger partial charge in [-0.2, -0.15) is 0 Å². The lowest BCUT2D eigenvalue weighted by Crippen LogP contribution is -2.38. The number of hydrogen-bond acceptors (Lipinski definition) is 3. The van der Waals surface area contributed by atoms with E-state index in [-0.39, 0.29) is 11.8 Å². The second-order valence-electron chi connectivity index (χ2n) is 6.29. The molecule has 24 heavy (non-hydrogen) atoms. The smallest absolute Gasteiger partial charge is 0.230 e. The molecule has 1 amide bonds. The standard InChI is InChI=1S/C20H19N3O/c1-14(15-6-3-2-4-7-15)20(24)23-11-9-18-17(13-23)12-16-8-5-10-21-19(16)22-18/h2-8,10,12,14H,9,11,13H2,1H3. The van der Waals surface area contributed by atoms with Crippen LogP contribution in [0.2, 0.25) is 0 Å². The highest BCUT2D eigenvalue weighted by atomic mass is 16.2. The van der Waals surface area contributed by atoms with Crippen molar-refractivity contribution in [2.24, 2.45) is 0 Å². The number of aromatic nitrogens is 2. The molecule has 3 aromatic rings. The summed E-state index contributed by atoms with van der Waals surface area (Å²) in [4.78, 5) is 23.8. The molecule has 1 aliphatic rings. The zero-order valence-electron chi connectivity index (χ0n) is 13.6. The number of hydrogen-bond donors (Lipinski definition) is 0. The largest absolute Gasteiger partial charge is 0.337 e. The van der Waals surface area contributed by atoms with Crippen LogP contribution in [0.15, 0.2) is 54.7 Å². The first kappa shape index (κ1) is 14.8. The molecular formula is C20H19N3O. The predicted molar refractivity (Wildman–Crippen MR) is 93.5 cm³/mol. The first-order valence-corrected chi connectivity index (χ1v) is 8.29. The van der Waals surface area contributed by atoms with Crippen molar-refractivity contribution >= 4 is 16.9 Å². The van der Waals surface area contributed by atoms with Crippen molar-refractivity contribution in [2.45, 2.75) is 25.8 Å². The second-order valence-corrected chi connectivity index (χ2v) is 6.29. The lowest BCUT2D eigenvalue weighted by atomic mass is 9.97. The second kappa shape index (κ2) is 6.04. The van der Waals surface area contributed by atoms with E-state index in [2.05, 4.69) is 16.0 Å². The Balaban J connectivity index is 1.59. The summed E-state index contributed by atoms with van der Waals surface area (Å²) in [6.45, 7) is 3.33. The van der Waals surface area contributed by atoms with Crippen LogP contribution in [0.5, 0.6) is 0 Å². The van der Waals surface area contributed by atoms with Gasteiger partial charge in [0.25, 0.3) is 0 Å². The molecule has 120 valence electrons. The number of rotatable bonds is 2. The highest BCUT2D eigenvalue weighted by Crippen LogP contribution is 2.25. The van der Waals surface area contributed by atoms with Crippen molar-refractivity contribution in [1.29, 1.82) is 0 Å². The van der Waals surface area contributed by atoms with Crippen LogP contribution < -0.4 is 0 Å². The number of fused-ring (bicyclic) bond motifs is 2. The van der Waals surface area contributed by atoms with Crippen LogP contribution in [-0.4, -0.2) is 27.3 Å². The monoisotopic (exact) mass is 317 g/mol. The Morgan fingerprint density at radius 2 is 2.00 bits per heavy atom. The van der Waals surface area contributed by atoms with Gasteiger partial charge in [-0.15, -0.1) is 0 Å². The third-order valence-electron chi connectivity index (χ3n) is 4.72. The third-order valence-corrected chi connectivity index (χ3v) is 4.72. The van der Waals surface area contributed by atoms with E-state index in [1.807, 2.05) is 54.3 Å². The summed E-state index contributed by atoms with van der Waals surface area (Å²) in [7, 11) is 0. The summed E-state index contributed by atoms with van der Waals surface area (Å²) in [6, 6.07) is 16.0. The Kier molecular flexibility index (Phi) is 3.73. The molecule has 2 aromatic heterocycles. The van der Waals surface area contributed by atoms with E-state index in [9.17, 15) is 4.79 Å². The molecular weight excluding hydrogens is 298 g/mol. The molecule has 0 radical (unpaired) electrons. The van der Waals surface area contributed by atoms with Crippen LogP contribution in [0.25, 0.3) is 11.0 Å². The molecule has 1 atom stereocenters. The molecule has 0 spiro atoms. The van der Waals surface area contributed by atoms with Crippen LogP contribution in [0.1, 0.15) is 29.7 Å². The molecule has 0 saturated carbocycles. The summed E-state index contributed by atoms with van der Waals surface area (Å²) >= 11 is 0. The summed E-state index contributed by atoms with van der Waals surface area (Å²) < 4.78 is 0. The van der Waals surface area contributed by atoms with Crippen LogP contribution >= 0.6 is 0 Å². The summed E-state index contributed by atoms with van der Waals surface area (Å²) in [5.74, 6) is 0.0564. The zero-order valence-corrected chi connectivity index (χ0v) is 13.6. The average Bonchev–Trinajstić information content (AvgIpc) is 2.65. The fraction of sp³-hybridized carbons (Fsp3) is 0.250. The molecule has 0 fully saturated rings. The van der Waals surface area contributed by atoms with E-state index >= 15 is 0 Å². The van der Waals surface area contributed by atoms with Crippen LogP contribution in [0.4, 0.5) is 0 Å². The number of carbonyl (C=O) groups excluding carboxylic acids is 1. The first-order valence-electron chi connectivity index (χ1n) is 8.29. The molecule has 4 heteroatoms. The SMILES string of the molecule is CC(C(=O)N1CCc2nc3ncccc3cc2C1)c1ccccc1. The summed E-state index contributed by atoms with van der Waals surface area (Å²) in [5, 5.41) is 1.03. The van der Waals surface area contributed by atoms with Crippen molar-refractivity contribution in [1.82, 2.24) is 14.9 Å². The van der Waals surface area contributed by atoms with Gasteiger partial charge in [-0.1, -0.05) is 30.3 Å². The van der Waals surface area contributed by atoms with Crippen LogP contribution in [0, 0.1) is 0 Å². The number of benzene rings is 1. The van der Waals surface area contributed by atoms with E-state index < -0.39 is 0 Å². The van der Waals surface area contributed by atoms with E-state index in [0.29, 0.717) is 13.1 Å². The Labute approximate surface area is 141 Å². The highest BCUT2D eigenvalue weighted by molar-refractivity contribution is 5.84. The number of nitrogens with zero attached hydrogens (tertiary/aromatic N) is 3. The number of carbonyl (C=O) groups is 1. The van der Waals surface area contributed by atoms with Gasteiger partial charge in [0.15, 0.2) is 5.65 Å². The molecule has 1 unspecified atom stereocenters. The van der Waals surface area contributed by atoms with Gasteiger partial charge in [0.1, 0.15) is 0 Å². The lowest BCUT2D eigenvalue weighted by Gasteiger charge is -2.30. The van der Waals surface area contributed by atoms with Crippen molar-refractivity contribution in [3.05, 3.63) is 71.5 Å². The Morgan fingerprint density at radius 3 is 2.83 bits per heavy atom. The topological polar surface area (TPSA) is 46.1 Å². The predicted octanol–water partition coefficient (Wildman–Crippen LogP) is 3.32. The summed E-state index contributed by atoms with van der Waals surface area (Å²) in [6.07, 6.45) is 2.55. The van der Waals surface area contributed by atoms with Gasteiger partial charge in [-0.25, -0.2) is 9.97 Å². The first-order chi connectivity index (χ1) is 11.7. The van der Waals surface area contributed by atoms with Gasteiger partial charge in [0.05, 0.1) is 5.92 Å². The quantitative estimate of drug-likeness (QED) is 0.728. The van der Waals surface area contributed by atoms with Gasteiger partial charge in [0.2, 0.25) is 5.91 Å². The maximum atomic E-state index is 12.9. The molecule has 0 saturated heterocycles. The van der Waals surface area contributed by atoms with Gasteiger partial charge in [-0.3, -0.25) is 4.79 Å². The van der Waals surface area contributed by atoms with Gasteiger partial charge in [0, 0.05) is 36.8 Å². The van der Waals surface area contributed by atoms with Gasteiger partial charge in [-0.05, 0) is 36.2 Å². The zero-order chi connectivity index (χ0) is 16.5. The molecule has 0 aliphatic carbocycles. The molecule has 0 N–H and O–H groups in total. The van der Waals surface area contributed by atoms with Crippen molar-refractivity contribution < 1.29 is 4.79 Å². The van der Waals surface area contributed by atoms with Gasteiger partial charge < -0.3 is 4.90 Å². The molecule has 4 rings (SSSR count). The minimum absolute atomic E-state index is 0.122. The molecule has 1 aromatic carbocycles. The fourth-order valence-electron chi connectivity index (χ4n) is 3.31. The fourth-order valence-corrected chi connectivity index (χ4v) is 3.31. The molecule has 3 heterocycles. The van der Waals surface area contributed by atoms with Crippen LogP contribution in [0.3, 0.4) is 0 Å². The van der Waals surface area contributed by atoms with E-state index in [1.165, 1.54) is 0 Å². The van der Waals surface area contributed by atoms with E-state index in [4.69, 9.17) is 0 Å². The van der Waals surface area contributed by atoms with Crippen LogP contribution in [-0.2, 0) is 17.8 Å². The molecule has 1 aliphatic heterocycles. The van der Waals surface area contributed by atoms with Crippen molar-refractivity contribution in [2.75, 3.05) is 6.54 Å². The van der Waals surface area contributed by atoms with Gasteiger partial charge >= 0.3 is 0 Å². The highest BCUT2D eigenvalue weighted by Gasteiger charge is 2.26. The maximum Gasteiger partial charge on any atom is 0.230 e. The minimum Gasteiger partial charge on any atom is -0.337 e. The van der Waals surface area contributed by atoms with Crippen molar-refractivity contribution in [3.63, 3.8) is 0 Å². The maximum absolute atomic E-state index is 12.9. The third kappa shape index (κ3) is 2.64. The normalized spacial score (nSPS) is 15.1. The van der Waals surface area contributed by atoms with E-state index in [1.54, 1.807) is 6.20 Å². The Bertz CT molecular complexity index is 892. The Hall–Kier alpha value is -2.75. The number of pyridine rings is 2. The van der Waals surface area contributed by atoms with Crippen molar-refractivity contribution in [3.8, 4) is 0 Å².